The van der Waals surface area contributed by atoms with E-state index in [1.54, 1.807) is 51.1 Å². The van der Waals surface area contributed by atoms with Crippen LogP contribution >= 0.6 is 0 Å². The number of rotatable bonds is 8. The van der Waals surface area contributed by atoms with Crippen molar-refractivity contribution in [1.29, 1.82) is 0 Å². The highest BCUT2D eigenvalue weighted by molar-refractivity contribution is 5.69. The fourth-order valence-corrected chi connectivity index (χ4v) is 5.01. The molecule has 244 valence electrons. The molecule has 8 nitrogen and oxygen atoms in total. The van der Waals surface area contributed by atoms with Gasteiger partial charge in [-0.15, -0.1) is 0 Å². The number of nitrogens with one attached hydrogen (secondary N) is 1. The van der Waals surface area contributed by atoms with Gasteiger partial charge >= 0.3 is 18.0 Å². The second-order valence-electron chi connectivity index (χ2n) is 11.4. The van der Waals surface area contributed by atoms with Crippen molar-refractivity contribution in [2.75, 3.05) is 7.11 Å². The standard InChI is InChI=1S/C33H32F5N3O5/c1-19-27(21-13-9-16-26(45-5)28(21)35)29(42)41(18-25(20-11-7-6-8-12-20)39-30(43)46-32(2,3)4)31(44)40(19)17-22-23(33(36,37)38)14-10-15-24(22)34/h6-16,25H,17-18H2,1-5H3,(H,39,43)/t25-/m1/s1. The second-order valence-corrected chi connectivity index (χ2v) is 11.4. The Bertz CT molecular complexity index is 1860. The molecule has 0 aliphatic rings. The van der Waals surface area contributed by atoms with Crippen LogP contribution in [0.25, 0.3) is 11.1 Å². The molecule has 1 heterocycles. The monoisotopic (exact) mass is 645 g/mol. The molecule has 1 atom stereocenters. The molecule has 1 N–H and O–H groups in total. The summed E-state index contributed by atoms with van der Waals surface area (Å²) in [5.41, 5.74) is -5.62. The molecular weight excluding hydrogens is 613 g/mol. The van der Waals surface area contributed by atoms with Gasteiger partial charge in [-0.1, -0.05) is 48.5 Å². The first-order valence-corrected chi connectivity index (χ1v) is 14.1. The number of amides is 1. The number of ether oxygens (including phenoxy) is 2. The van der Waals surface area contributed by atoms with Gasteiger partial charge in [-0.05, 0) is 51.5 Å². The molecule has 1 amide bonds. The topological polar surface area (TPSA) is 91.6 Å². The van der Waals surface area contributed by atoms with E-state index in [1.807, 2.05) is 0 Å². The molecule has 3 aromatic carbocycles. The molecule has 4 aromatic rings. The molecule has 0 bridgehead atoms. The number of hydrogen-bond donors (Lipinski definition) is 1. The van der Waals surface area contributed by atoms with Crippen LogP contribution in [0.4, 0.5) is 26.7 Å². The third-order valence-electron chi connectivity index (χ3n) is 7.14. The number of alkyl carbamates (subject to hydrolysis) is 1. The van der Waals surface area contributed by atoms with Gasteiger partial charge in [-0.25, -0.2) is 18.4 Å². The Morgan fingerprint density at radius 2 is 1.57 bits per heavy atom. The molecule has 0 aliphatic heterocycles. The maximum absolute atomic E-state index is 15.6. The van der Waals surface area contributed by atoms with Gasteiger partial charge in [0.05, 0.1) is 37.4 Å². The Balaban J connectivity index is 2.00. The van der Waals surface area contributed by atoms with E-state index in [2.05, 4.69) is 5.32 Å². The third-order valence-corrected chi connectivity index (χ3v) is 7.14. The number of halogens is 5. The summed E-state index contributed by atoms with van der Waals surface area (Å²) < 4.78 is 84.3. The van der Waals surface area contributed by atoms with Crippen molar-refractivity contribution in [2.24, 2.45) is 0 Å². The number of alkyl halides is 3. The summed E-state index contributed by atoms with van der Waals surface area (Å²) in [5, 5.41) is 2.63. The molecule has 0 radical (unpaired) electrons. The normalized spacial score (nSPS) is 12.5. The van der Waals surface area contributed by atoms with Crippen molar-refractivity contribution in [1.82, 2.24) is 14.5 Å². The van der Waals surface area contributed by atoms with E-state index in [9.17, 15) is 31.9 Å². The van der Waals surface area contributed by atoms with Gasteiger partial charge in [0.15, 0.2) is 11.6 Å². The minimum Gasteiger partial charge on any atom is -0.494 e. The Kier molecular flexibility index (Phi) is 9.74. The molecule has 0 saturated heterocycles. The smallest absolute Gasteiger partial charge is 0.416 e. The summed E-state index contributed by atoms with van der Waals surface area (Å²) in [6, 6.07) is 13.5. The molecular formula is C33H32F5N3O5. The van der Waals surface area contributed by atoms with E-state index >= 15 is 4.39 Å². The predicted molar refractivity (Wildman–Crippen MR) is 161 cm³/mol. The van der Waals surface area contributed by atoms with E-state index < -0.39 is 71.0 Å². The highest BCUT2D eigenvalue weighted by Crippen LogP contribution is 2.34. The first-order chi connectivity index (χ1) is 21.5. The Morgan fingerprint density at radius 1 is 0.913 bits per heavy atom. The number of methoxy groups -OCH3 is 1. The highest BCUT2D eigenvalue weighted by atomic mass is 19.4. The molecule has 4 rings (SSSR count). The summed E-state index contributed by atoms with van der Waals surface area (Å²) in [5.74, 6) is -2.43. The number of benzene rings is 3. The number of carbonyl (C=O) groups excluding carboxylic acids is 1. The van der Waals surface area contributed by atoms with Crippen molar-refractivity contribution in [3.63, 3.8) is 0 Å². The zero-order valence-corrected chi connectivity index (χ0v) is 25.7. The molecule has 0 unspecified atom stereocenters. The minimum absolute atomic E-state index is 0.217. The van der Waals surface area contributed by atoms with Crippen LogP contribution in [0, 0.1) is 18.6 Å². The maximum atomic E-state index is 15.6. The van der Waals surface area contributed by atoms with Crippen molar-refractivity contribution >= 4 is 6.09 Å². The van der Waals surface area contributed by atoms with E-state index in [1.165, 1.54) is 32.2 Å². The lowest BCUT2D eigenvalue weighted by Gasteiger charge is -2.25. The van der Waals surface area contributed by atoms with Crippen LogP contribution in [0.1, 0.15) is 49.2 Å². The summed E-state index contributed by atoms with van der Waals surface area (Å²) in [7, 11) is 1.21. The van der Waals surface area contributed by atoms with Crippen LogP contribution in [0.5, 0.6) is 5.75 Å². The van der Waals surface area contributed by atoms with Gasteiger partial charge in [0.25, 0.3) is 5.56 Å². The van der Waals surface area contributed by atoms with E-state index in [-0.39, 0.29) is 22.6 Å². The third kappa shape index (κ3) is 7.30. The average Bonchev–Trinajstić information content (AvgIpc) is 2.97. The highest BCUT2D eigenvalue weighted by Gasteiger charge is 2.35. The Labute approximate surface area is 261 Å². The zero-order chi connectivity index (χ0) is 34.0. The molecule has 46 heavy (non-hydrogen) atoms. The lowest BCUT2D eigenvalue weighted by molar-refractivity contribution is -0.138. The molecule has 1 aromatic heterocycles. The van der Waals surface area contributed by atoms with Crippen LogP contribution < -0.4 is 21.3 Å². The van der Waals surface area contributed by atoms with E-state index in [0.29, 0.717) is 16.2 Å². The summed E-state index contributed by atoms with van der Waals surface area (Å²) in [4.78, 5) is 40.9. The van der Waals surface area contributed by atoms with E-state index in [0.717, 1.165) is 16.7 Å². The number of carbonyl (C=O) groups is 1. The summed E-state index contributed by atoms with van der Waals surface area (Å²) in [6.45, 7) is 4.69. The van der Waals surface area contributed by atoms with Gasteiger partial charge in [-0.2, -0.15) is 13.2 Å². The van der Waals surface area contributed by atoms with Gasteiger partial charge in [0.1, 0.15) is 11.4 Å². The Morgan fingerprint density at radius 3 is 2.17 bits per heavy atom. The molecule has 0 saturated carbocycles. The van der Waals surface area contributed by atoms with Gasteiger partial charge in [0, 0.05) is 16.8 Å². The average molecular weight is 646 g/mol. The van der Waals surface area contributed by atoms with Gasteiger partial charge in [0.2, 0.25) is 0 Å². The predicted octanol–water partition coefficient (Wildman–Crippen LogP) is 6.61. The SMILES string of the molecule is COc1cccc(-c2c(C)n(Cc3c(F)cccc3C(F)(F)F)c(=O)n(C[C@@H](NC(=O)OC(C)(C)C)c3ccccc3)c2=O)c1F. The van der Waals surface area contributed by atoms with Crippen molar-refractivity contribution in [3.05, 3.63) is 122 Å². The van der Waals surface area contributed by atoms with Crippen LogP contribution in [0.3, 0.4) is 0 Å². The largest absolute Gasteiger partial charge is 0.494 e. The van der Waals surface area contributed by atoms with Crippen LogP contribution in [-0.2, 0) is 24.0 Å². The number of aromatic nitrogens is 2. The fourth-order valence-electron chi connectivity index (χ4n) is 5.01. The second kappa shape index (κ2) is 13.2. The maximum Gasteiger partial charge on any atom is 0.416 e. The van der Waals surface area contributed by atoms with Crippen LogP contribution in [-0.4, -0.2) is 27.9 Å². The van der Waals surface area contributed by atoms with Crippen molar-refractivity contribution in [3.8, 4) is 16.9 Å². The van der Waals surface area contributed by atoms with Gasteiger partial charge in [-0.3, -0.25) is 13.9 Å². The van der Waals surface area contributed by atoms with Crippen LogP contribution in [0.2, 0.25) is 0 Å². The molecule has 13 heteroatoms. The Hall–Kier alpha value is -4.94. The molecule has 0 fully saturated rings. The number of hydrogen-bond acceptors (Lipinski definition) is 5. The zero-order valence-electron chi connectivity index (χ0n) is 25.7. The molecule has 0 spiro atoms. The first-order valence-electron chi connectivity index (χ1n) is 14.1. The first kappa shape index (κ1) is 33.9. The quantitative estimate of drug-likeness (QED) is 0.218. The summed E-state index contributed by atoms with van der Waals surface area (Å²) >= 11 is 0. The summed E-state index contributed by atoms with van der Waals surface area (Å²) in [6.07, 6.45) is -5.84. The fraction of sp³-hybridized carbons (Fsp3) is 0.303. The lowest BCUT2D eigenvalue weighted by Crippen LogP contribution is -2.46. The van der Waals surface area contributed by atoms with E-state index in [4.69, 9.17) is 9.47 Å². The van der Waals surface area contributed by atoms with Gasteiger partial charge < -0.3 is 14.8 Å². The van der Waals surface area contributed by atoms with Crippen molar-refractivity contribution in [2.45, 2.75) is 58.6 Å². The minimum atomic E-state index is -4.97. The lowest BCUT2D eigenvalue weighted by atomic mass is 10.0. The number of nitrogens with zero attached hydrogens (tertiary/aromatic N) is 2. The molecule has 0 aliphatic carbocycles. The van der Waals surface area contributed by atoms with Crippen molar-refractivity contribution < 1.29 is 36.2 Å². The van der Waals surface area contributed by atoms with Crippen LogP contribution in [0.15, 0.2) is 76.3 Å².